The molecule has 1 aromatic rings. The van der Waals surface area contributed by atoms with Crippen LogP contribution in [0.15, 0.2) is 23.4 Å². The van der Waals surface area contributed by atoms with Crippen LogP contribution >= 0.6 is 0 Å². The molecule has 6 nitrogen and oxygen atoms in total. The van der Waals surface area contributed by atoms with Crippen LogP contribution in [0.5, 0.6) is 5.75 Å². The van der Waals surface area contributed by atoms with Crippen molar-refractivity contribution in [3.05, 3.63) is 33.9 Å². The minimum Gasteiger partial charge on any atom is -0.479 e. The lowest BCUT2D eigenvalue weighted by molar-refractivity contribution is -0.385. The van der Waals surface area contributed by atoms with Crippen LogP contribution in [0.3, 0.4) is 0 Å². The molecule has 9 heteroatoms. The third-order valence-electron chi connectivity index (χ3n) is 2.11. The van der Waals surface area contributed by atoms with Gasteiger partial charge in [0.05, 0.1) is 11.5 Å². The Bertz CT molecular complexity index is 529. The van der Waals surface area contributed by atoms with E-state index in [9.17, 15) is 23.3 Å². The van der Waals surface area contributed by atoms with Gasteiger partial charge in [0, 0.05) is 19.1 Å². The molecule has 110 valence electrons. The summed E-state index contributed by atoms with van der Waals surface area (Å²) in [6, 6.07) is 2.13. The fourth-order valence-electron chi connectivity index (χ4n) is 1.28. The molecule has 0 saturated carbocycles. The standard InChI is InChI=1S/C11H11F3N2O4/c1-3-19-7(2)15-20-10-5-4-8(16(17)18)6-9(10)11(12,13)14/h4-6H,3H2,1-2H3/b15-7+. The van der Waals surface area contributed by atoms with E-state index < -0.39 is 28.1 Å². The zero-order chi connectivity index (χ0) is 15.3. The molecule has 0 spiro atoms. The molecule has 0 N–H and O–H groups in total. The van der Waals surface area contributed by atoms with Crippen molar-refractivity contribution < 1.29 is 27.7 Å². The Hall–Kier alpha value is -2.32. The molecule has 0 heterocycles. The molecule has 0 aromatic heterocycles. The van der Waals surface area contributed by atoms with E-state index in [0.717, 1.165) is 12.1 Å². The Morgan fingerprint density at radius 2 is 2.10 bits per heavy atom. The molecule has 1 rings (SSSR count). The molecule has 0 unspecified atom stereocenters. The second-order valence-electron chi connectivity index (χ2n) is 3.57. The zero-order valence-electron chi connectivity index (χ0n) is 10.6. The first-order valence-corrected chi connectivity index (χ1v) is 5.45. The molecule has 1 aromatic carbocycles. The number of rotatable bonds is 4. The molecule has 0 fully saturated rings. The molecule has 0 aliphatic heterocycles. The van der Waals surface area contributed by atoms with Gasteiger partial charge in [-0.2, -0.15) is 13.2 Å². The van der Waals surface area contributed by atoms with Crippen LogP contribution < -0.4 is 4.84 Å². The number of nitro benzene ring substituents is 1. The van der Waals surface area contributed by atoms with Gasteiger partial charge in [0.1, 0.15) is 5.56 Å². The predicted octanol–water partition coefficient (Wildman–Crippen LogP) is 3.36. The summed E-state index contributed by atoms with van der Waals surface area (Å²) in [7, 11) is 0. The third-order valence-corrected chi connectivity index (χ3v) is 2.11. The van der Waals surface area contributed by atoms with Crippen molar-refractivity contribution in [1.29, 1.82) is 0 Å². The molecule has 0 radical (unpaired) electrons. The third kappa shape index (κ3) is 4.11. The van der Waals surface area contributed by atoms with Crippen LogP contribution in [0.1, 0.15) is 19.4 Å². The Morgan fingerprint density at radius 1 is 1.45 bits per heavy atom. The summed E-state index contributed by atoms with van der Waals surface area (Å²) >= 11 is 0. The number of halogens is 3. The molecule has 0 amide bonds. The van der Waals surface area contributed by atoms with Crippen LogP contribution in [-0.4, -0.2) is 17.4 Å². The lowest BCUT2D eigenvalue weighted by Gasteiger charge is -2.10. The smallest absolute Gasteiger partial charge is 0.420 e. The maximum Gasteiger partial charge on any atom is 0.420 e. The van der Waals surface area contributed by atoms with Gasteiger partial charge in [-0.15, -0.1) is 0 Å². The molecule has 0 atom stereocenters. The number of ether oxygens (including phenoxy) is 1. The first kappa shape index (κ1) is 15.7. The van der Waals surface area contributed by atoms with E-state index in [4.69, 9.17) is 4.74 Å². The second kappa shape index (κ2) is 6.22. The van der Waals surface area contributed by atoms with E-state index in [1.54, 1.807) is 6.92 Å². The maximum absolute atomic E-state index is 12.8. The zero-order valence-corrected chi connectivity index (χ0v) is 10.6. The number of non-ortho nitro benzene ring substituents is 1. The van der Waals surface area contributed by atoms with E-state index in [2.05, 4.69) is 9.99 Å². The van der Waals surface area contributed by atoms with Gasteiger partial charge in [0.25, 0.3) is 5.69 Å². The van der Waals surface area contributed by atoms with Crippen molar-refractivity contribution in [2.75, 3.05) is 6.61 Å². The van der Waals surface area contributed by atoms with Crippen molar-refractivity contribution in [3.8, 4) is 5.75 Å². The van der Waals surface area contributed by atoms with Crippen molar-refractivity contribution in [3.63, 3.8) is 0 Å². The van der Waals surface area contributed by atoms with Crippen LogP contribution in [0.25, 0.3) is 0 Å². The Balaban J connectivity index is 3.13. The minimum absolute atomic E-state index is 0.0407. The van der Waals surface area contributed by atoms with Gasteiger partial charge in [-0.25, -0.2) is 0 Å². The summed E-state index contributed by atoms with van der Waals surface area (Å²) in [5.74, 6) is -0.596. The van der Waals surface area contributed by atoms with Crippen LogP contribution in [-0.2, 0) is 10.9 Å². The Morgan fingerprint density at radius 3 is 2.60 bits per heavy atom. The van der Waals surface area contributed by atoms with Gasteiger partial charge in [-0.3, -0.25) is 10.1 Å². The monoisotopic (exact) mass is 292 g/mol. The number of oxime groups is 1. The highest BCUT2D eigenvalue weighted by Crippen LogP contribution is 2.38. The summed E-state index contributed by atoms with van der Waals surface area (Å²) in [4.78, 5) is 14.2. The quantitative estimate of drug-likeness (QED) is 0.369. The number of alkyl halides is 3. The lowest BCUT2D eigenvalue weighted by Crippen LogP contribution is -2.09. The fourth-order valence-corrected chi connectivity index (χ4v) is 1.28. The molecule has 0 bridgehead atoms. The first-order chi connectivity index (χ1) is 9.25. The minimum atomic E-state index is -4.80. The SMILES string of the molecule is CCO/C(C)=N/Oc1ccc([N+](=O)[O-])cc1C(F)(F)F. The number of nitro groups is 1. The van der Waals surface area contributed by atoms with Crippen LogP contribution in [0, 0.1) is 10.1 Å². The van der Waals surface area contributed by atoms with Crippen molar-refractivity contribution in [2.24, 2.45) is 5.16 Å². The van der Waals surface area contributed by atoms with E-state index in [1.807, 2.05) is 0 Å². The van der Waals surface area contributed by atoms with E-state index >= 15 is 0 Å². The topological polar surface area (TPSA) is 74.0 Å². The maximum atomic E-state index is 12.8. The number of nitrogens with zero attached hydrogens (tertiary/aromatic N) is 2. The van der Waals surface area contributed by atoms with Crippen molar-refractivity contribution >= 4 is 11.6 Å². The van der Waals surface area contributed by atoms with Gasteiger partial charge in [0.15, 0.2) is 5.75 Å². The van der Waals surface area contributed by atoms with Crippen molar-refractivity contribution in [1.82, 2.24) is 0 Å². The molecule has 0 saturated heterocycles. The van der Waals surface area contributed by atoms with Crippen molar-refractivity contribution in [2.45, 2.75) is 20.0 Å². The van der Waals surface area contributed by atoms with E-state index in [-0.39, 0.29) is 12.5 Å². The first-order valence-electron chi connectivity index (χ1n) is 5.45. The van der Waals surface area contributed by atoms with Gasteiger partial charge in [-0.05, 0) is 18.1 Å². The second-order valence-corrected chi connectivity index (χ2v) is 3.57. The van der Waals surface area contributed by atoms with E-state index in [1.165, 1.54) is 6.92 Å². The van der Waals surface area contributed by atoms with Crippen LogP contribution in [0.4, 0.5) is 18.9 Å². The van der Waals surface area contributed by atoms with Gasteiger partial charge >= 0.3 is 6.18 Å². The summed E-state index contributed by atoms with van der Waals surface area (Å²) in [5.41, 5.74) is -1.96. The predicted molar refractivity (Wildman–Crippen MR) is 63.5 cm³/mol. The largest absolute Gasteiger partial charge is 0.479 e. The average molecular weight is 292 g/mol. The summed E-state index contributed by atoms with van der Waals surface area (Å²) in [6.45, 7) is 3.36. The molecular formula is C11H11F3N2O4. The summed E-state index contributed by atoms with van der Waals surface area (Å²) in [6.07, 6.45) is -4.80. The normalized spacial score (nSPS) is 12.2. The molecule has 20 heavy (non-hydrogen) atoms. The molecular weight excluding hydrogens is 281 g/mol. The number of hydrogen-bond donors (Lipinski definition) is 0. The Kier molecular flexibility index (Phi) is 4.89. The van der Waals surface area contributed by atoms with Gasteiger partial charge < -0.3 is 9.57 Å². The van der Waals surface area contributed by atoms with E-state index in [0.29, 0.717) is 6.07 Å². The highest BCUT2D eigenvalue weighted by molar-refractivity contribution is 5.72. The van der Waals surface area contributed by atoms with Crippen LogP contribution in [0.2, 0.25) is 0 Å². The Labute approximate surface area is 111 Å². The highest BCUT2D eigenvalue weighted by Gasteiger charge is 2.36. The highest BCUT2D eigenvalue weighted by atomic mass is 19.4. The van der Waals surface area contributed by atoms with Gasteiger partial charge in [-0.1, -0.05) is 0 Å². The number of hydrogen-bond acceptors (Lipinski definition) is 5. The number of benzene rings is 1. The summed E-state index contributed by atoms with van der Waals surface area (Å²) < 4.78 is 43.2. The summed E-state index contributed by atoms with van der Waals surface area (Å²) in [5, 5.41) is 13.8. The molecule has 0 aliphatic rings. The lowest BCUT2D eigenvalue weighted by atomic mass is 10.1. The van der Waals surface area contributed by atoms with Gasteiger partial charge in [0.2, 0.25) is 5.90 Å². The molecule has 0 aliphatic carbocycles. The average Bonchev–Trinajstić information content (AvgIpc) is 2.35. The fraction of sp³-hybridized carbons (Fsp3) is 0.364.